The molecule has 0 aliphatic carbocycles. The zero-order valence-electron chi connectivity index (χ0n) is 17.3. The lowest BCUT2D eigenvalue weighted by atomic mass is 9.96. The maximum absolute atomic E-state index is 13.0. The monoisotopic (exact) mass is 407 g/mol. The third kappa shape index (κ3) is 3.51. The number of benzene rings is 2. The van der Waals surface area contributed by atoms with Gasteiger partial charge in [0.2, 0.25) is 17.7 Å². The van der Waals surface area contributed by atoms with Crippen molar-refractivity contribution in [3.63, 3.8) is 0 Å². The lowest BCUT2D eigenvalue weighted by molar-refractivity contribution is -0.138. The van der Waals surface area contributed by atoms with Gasteiger partial charge in [-0.2, -0.15) is 0 Å². The first-order chi connectivity index (χ1) is 14.4. The molecule has 2 atom stereocenters. The molecule has 3 amide bonds. The Hall–Kier alpha value is -3.35. The van der Waals surface area contributed by atoms with Crippen LogP contribution in [0.15, 0.2) is 42.5 Å². The summed E-state index contributed by atoms with van der Waals surface area (Å²) in [5.74, 6) is -0.420. The number of anilines is 2. The number of methoxy groups -OCH3 is 1. The van der Waals surface area contributed by atoms with E-state index in [1.807, 2.05) is 44.2 Å². The van der Waals surface area contributed by atoms with Gasteiger partial charge >= 0.3 is 0 Å². The average Bonchev–Trinajstić information content (AvgIpc) is 3.03. The zero-order chi connectivity index (χ0) is 21.4. The van der Waals surface area contributed by atoms with Gasteiger partial charge in [0.15, 0.2) is 0 Å². The Balaban J connectivity index is 1.48. The van der Waals surface area contributed by atoms with Crippen LogP contribution in [0.4, 0.5) is 11.4 Å². The van der Waals surface area contributed by atoms with Crippen molar-refractivity contribution >= 4 is 29.1 Å². The fraction of sp³-hybridized carbons (Fsp3) is 0.348. The molecule has 7 heteroatoms. The van der Waals surface area contributed by atoms with Gasteiger partial charge in [0.1, 0.15) is 12.3 Å². The van der Waals surface area contributed by atoms with E-state index in [0.29, 0.717) is 18.0 Å². The number of nitrogens with zero attached hydrogens (tertiary/aromatic N) is 2. The molecule has 0 unspecified atom stereocenters. The van der Waals surface area contributed by atoms with E-state index < -0.39 is 5.92 Å². The Labute approximate surface area is 175 Å². The van der Waals surface area contributed by atoms with Crippen molar-refractivity contribution in [2.24, 2.45) is 0 Å². The van der Waals surface area contributed by atoms with Gasteiger partial charge in [0, 0.05) is 30.4 Å². The predicted octanol–water partition coefficient (Wildman–Crippen LogP) is 2.69. The average molecular weight is 407 g/mol. The third-order valence-electron chi connectivity index (χ3n) is 5.84. The quantitative estimate of drug-likeness (QED) is 0.845. The molecule has 2 aliphatic heterocycles. The van der Waals surface area contributed by atoms with Gasteiger partial charge in [-0.3, -0.25) is 14.4 Å². The number of ether oxygens (including phenoxy) is 1. The molecule has 0 spiro atoms. The van der Waals surface area contributed by atoms with Crippen LogP contribution >= 0.6 is 0 Å². The van der Waals surface area contributed by atoms with Crippen LogP contribution in [0.25, 0.3) is 0 Å². The van der Waals surface area contributed by atoms with Crippen molar-refractivity contribution in [2.45, 2.75) is 32.2 Å². The molecule has 2 aromatic carbocycles. The number of carbonyl (C=O) groups is 3. The first kappa shape index (κ1) is 19.9. The largest absolute Gasteiger partial charge is 0.497 e. The first-order valence-corrected chi connectivity index (χ1v) is 10.0. The van der Waals surface area contributed by atoms with E-state index >= 15 is 0 Å². The predicted molar refractivity (Wildman–Crippen MR) is 114 cm³/mol. The molecule has 1 saturated heterocycles. The third-order valence-corrected chi connectivity index (χ3v) is 5.84. The van der Waals surface area contributed by atoms with Crippen molar-refractivity contribution in [2.75, 3.05) is 30.4 Å². The summed E-state index contributed by atoms with van der Waals surface area (Å²) in [7, 11) is 1.56. The van der Waals surface area contributed by atoms with Crippen molar-refractivity contribution in [3.8, 4) is 5.75 Å². The minimum atomic E-state index is -0.557. The van der Waals surface area contributed by atoms with E-state index in [1.165, 1.54) is 0 Å². The van der Waals surface area contributed by atoms with Crippen LogP contribution in [-0.2, 0) is 14.4 Å². The molecule has 156 valence electrons. The fourth-order valence-electron chi connectivity index (χ4n) is 4.29. The van der Waals surface area contributed by atoms with Gasteiger partial charge in [0.25, 0.3) is 0 Å². The summed E-state index contributed by atoms with van der Waals surface area (Å²) < 4.78 is 5.20. The van der Waals surface area contributed by atoms with Crippen molar-refractivity contribution in [1.82, 2.24) is 4.90 Å². The van der Waals surface area contributed by atoms with E-state index in [1.54, 1.807) is 29.0 Å². The van der Waals surface area contributed by atoms with Crippen LogP contribution in [0.5, 0.6) is 5.75 Å². The lowest BCUT2D eigenvalue weighted by Gasteiger charge is -2.40. The SMILES string of the molecule is COc1ccc2c(c1)NC(=O)[C@H]2CC(=O)N1CC(=O)N(c2ccccc2C)[C@H](C)C1. The van der Waals surface area contributed by atoms with Crippen molar-refractivity contribution in [3.05, 3.63) is 53.6 Å². The summed E-state index contributed by atoms with van der Waals surface area (Å²) in [4.78, 5) is 41.7. The van der Waals surface area contributed by atoms with Gasteiger partial charge < -0.3 is 19.9 Å². The Morgan fingerprint density at radius 3 is 2.67 bits per heavy atom. The second kappa shape index (κ2) is 7.82. The Bertz CT molecular complexity index is 1020. The number of piperazine rings is 1. The highest BCUT2D eigenvalue weighted by atomic mass is 16.5. The normalized spacial score (nSPS) is 20.8. The van der Waals surface area contributed by atoms with E-state index in [2.05, 4.69) is 5.32 Å². The van der Waals surface area contributed by atoms with Gasteiger partial charge in [-0.05, 0) is 37.1 Å². The van der Waals surface area contributed by atoms with Crippen LogP contribution in [0, 0.1) is 6.92 Å². The summed E-state index contributed by atoms with van der Waals surface area (Å²) >= 11 is 0. The van der Waals surface area contributed by atoms with Crippen LogP contribution in [0.3, 0.4) is 0 Å². The number of fused-ring (bicyclic) bond motifs is 1. The molecular formula is C23H25N3O4. The first-order valence-electron chi connectivity index (χ1n) is 10.0. The maximum atomic E-state index is 13.0. The van der Waals surface area contributed by atoms with E-state index in [9.17, 15) is 14.4 Å². The lowest BCUT2D eigenvalue weighted by Crippen LogP contribution is -2.57. The number of nitrogens with one attached hydrogen (secondary N) is 1. The summed E-state index contributed by atoms with van der Waals surface area (Å²) in [5.41, 5.74) is 3.35. The maximum Gasteiger partial charge on any atom is 0.246 e. The summed E-state index contributed by atoms with van der Waals surface area (Å²) in [6.07, 6.45) is 0.0372. The van der Waals surface area contributed by atoms with Crippen molar-refractivity contribution in [1.29, 1.82) is 0 Å². The molecule has 0 radical (unpaired) electrons. The Morgan fingerprint density at radius 2 is 1.97 bits per heavy atom. The molecule has 0 aromatic heterocycles. The highest BCUT2D eigenvalue weighted by Crippen LogP contribution is 2.37. The van der Waals surface area contributed by atoms with Crippen LogP contribution in [-0.4, -0.2) is 48.9 Å². The molecule has 1 fully saturated rings. The van der Waals surface area contributed by atoms with Gasteiger partial charge in [-0.1, -0.05) is 24.3 Å². The summed E-state index contributed by atoms with van der Waals surface area (Å²) in [6.45, 7) is 4.36. The molecule has 2 aromatic rings. The van der Waals surface area contributed by atoms with Gasteiger partial charge in [-0.25, -0.2) is 0 Å². The van der Waals surface area contributed by atoms with Gasteiger partial charge in [-0.15, -0.1) is 0 Å². The number of hydrogen-bond donors (Lipinski definition) is 1. The fourth-order valence-corrected chi connectivity index (χ4v) is 4.29. The topological polar surface area (TPSA) is 79.0 Å². The number of amides is 3. The van der Waals surface area contributed by atoms with Crippen molar-refractivity contribution < 1.29 is 19.1 Å². The standard InChI is InChI=1S/C23H25N3O4/c1-14-6-4-5-7-20(14)26-15(2)12-25(13-22(26)28)21(27)11-18-17-9-8-16(30-3)10-19(17)24-23(18)29/h4-10,15,18H,11-13H2,1-3H3,(H,24,29)/t15-,18+/m1/s1. The van der Waals surface area contributed by atoms with Crippen LogP contribution in [0.2, 0.25) is 0 Å². The number of rotatable bonds is 4. The highest BCUT2D eigenvalue weighted by molar-refractivity contribution is 6.06. The molecule has 0 bridgehead atoms. The van der Waals surface area contributed by atoms with E-state index in [-0.39, 0.29) is 36.7 Å². The number of hydrogen-bond acceptors (Lipinski definition) is 4. The smallest absolute Gasteiger partial charge is 0.246 e. The second-order valence-electron chi connectivity index (χ2n) is 7.87. The molecule has 4 rings (SSSR count). The summed E-state index contributed by atoms with van der Waals surface area (Å²) in [5, 5.41) is 2.82. The minimum absolute atomic E-state index is 0.0152. The Kier molecular flexibility index (Phi) is 5.20. The minimum Gasteiger partial charge on any atom is -0.497 e. The van der Waals surface area contributed by atoms with Crippen LogP contribution < -0.4 is 15.0 Å². The second-order valence-corrected chi connectivity index (χ2v) is 7.87. The number of para-hydroxylation sites is 1. The van der Waals surface area contributed by atoms with Crippen LogP contribution in [0.1, 0.15) is 30.4 Å². The molecule has 7 nitrogen and oxygen atoms in total. The van der Waals surface area contributed by atoms with E-state index in [4.69, 9.17) is 4.74 Å². The van der Waals surface area contributed by atoms with Gasteiger partial charge in [0.05, 0.1) is 19.1 Å². The Morgan fingerprint density at radius 1 is 1.20 bits per heavy atom. The molecule has 1 N–H and O–H groups in total. The molecule has 0 saturated carbocycles. The highest BCUT2D eigenvalue weighted by Gasteiger charge is 2.37. The van der Waals surface area contributed by atoms with E-state index in [0.717, 1.165) is 16.8 Å². The number of aryl methyl sites for hydroxylation is 1. The number of carbonyl (C=O) groups excluding carboxylic acids is 3. The molecular weight excluding hydrogens is 382 g/mol. The molecule has 2 aliphatic rings. The molecule has 2 heterocycles. The molecule has 30 heavy (non-hydrogen) atoms. The summed E-state index contributed by atoms with van der Waals surface area (Å²) in [6, 6.07) is 12.9. The zero-order valence-corrected chi connectivity index (χ0v) is 17.3.